The molecule has 0 aliphatic heterocycles. The second-order valence-electron chi connectivity index (χ2n) is 25.4. The summed E-state index contributed by atoms with van der Waals surface area (Å²) in [7, 11) is 0. The normalized spacial score (nSPS) is 11.2. The van der Waals surface area contributed by atoms with Crippen LogP contribution >= 0.6 is 0 Å². The van der Waals surface area contributed by atoms with Crippen molar-refractivity contribution < 1.29 is 46.9 Å². The Bertz CT molecular complexity index is 3110. The van der Waals surface area contributed by atoms with Crippen molar-refractivity contribution in [3.8, 4) is 45.3 Å². The Morgan fingerprint density at radius 1 is 0.301 bits per heavy atom. The van der Waals surface area contributed by atoms with Crippen LogP contribution in [0.2, 0.25) is 0 Å². The van der Waals surface area contributed by atoms with E-state index in [9.17, 15) is 19.2 Å². The first-order valence-electron chi connectivity index (χ1n) is 35.5. The summed E-state index contributed by atoms with van der Waals surface area (Å²) in [5.74, 6) is -5.82. The number of hydrogen-bond acceptors (Lipinski definition) is 8. The molecule has 0 aliphatic carbocycles. The second-order valence-corrected chi connectivity index (χ2v) is 25.4. The minimum atomic E-state index is -1.06. The van der Waals surface area contributed by atoms with Crippen LogP contribution in [0.3, 0.4) is 0 Å². The maximum atomic E-state index is 15.5. The number of benzene rings is 7. The molecular formula is C83H102F2O8. The summed E-state index contributed by atoms with van der Waals surface area (Å²) in [5, 5.41) is 0. The van der Waals surface area contributed by atoms with Gasteiger partial charge in [0, 0.05) is 17.7 Å². The number of carbonyl (C=O) groups excluding carboxylic acids is 4. The van der Waals surface area contributed by atoms with Crippen LogP contribution in [0.25, 0.3) is 22.3 Å². The summed E-state index contributed by atoms with van der Waals surface area (Å²) >= 11 is 0. The molecule has 0 N–H and O–H groups in total. The third kappa shape index (κ3) is 26.0. The van der Waals surface area contributed by atoms with Gasteiger partial charge >= 0.3 is 23.9 Å². The maximum absolute atomic E-state index is 15.5. The molecule has 10 heteroatoms. The summed E-state index contributed by atoms with van der Waals surface area (Å²) in [4.78, 5) is 52.8. The molecule has 0 saturated heterocycles. The van der Waals surface area contributed by atoms with Gasteiger partial charge in [0.15, 0.2) is 0 Å². The van der Waals surface area contributed by atoms with Crippen molar-refractivity contribution in [3.05, 3.63) is 202 Å². The predicted octanol–water partition coefficient (Wildman–Crippen LogP) is 24.1. The molecule has 0 amide bonds. The molecule has 0 unspecified atom stereocenters. The molecule has 93 heavy (non-hydrogen) atoms. The van der Waals surface area contributed by atoms with E-state index in [4.69, 9.17) is 18.9 Å². The molecule has 0 aromatic heterocycles. The molecule has 7 aromatic carbocycles. The number of rotatable bonds is 44. The lowest BCUT2D eigenvalue weighted by Gasteiger charge is -2.13. The summed E-state index contributed by atoms with van der Waals surface area (Å²) in [6.45, 7) is 6.06. The van der Waals surface area contributed by atoms with Crippen molar-refractivity contribution >= 4 is 23.9 Å². The van der Waals surface area contributed by atoms with Gasteiger partial charge in [0.1, 0.15) is 34.6 Å². The SMILES string of the molecule is CCCCCCCCCCCCCCCCCCc1ccc(-c2ccc(C(=O)Oc3ccc(C(=O)Oc4cccc(OC(=O)c5ccc(OC(=O)c6ccc(-c7ccc(CCCCCCCCCCCCCCCCCC)cc7)cc6)cc5F)c4C)c(F)c3)cc2)cc1. The molecule has 7 rings (SSSR count). The summed E-state index contributed by atoms with van der Waals surface area (Å²) < 4.78 is 53.0. The summed E-state index contributed by atoms with van der Waals surface area (Å²) in [6.07, 6.45) is 45.5. The third-order valence-electron chi connectivity index (χ3n) is 17.8. The Morgan fingerprint density at radius 3 is 0.849 bits per heavy atom. The Hall–Kier alpha value is -7.72. The lowest BCUT2D eigenvalue weighted by atomic mass is 10.00. The zero-order valence-electron chi connectivity index (χ0n) is 56.0. The molecular weight excluding hydrogens is 1160 g/mol. The van der Waals surface area contributed by atoms with E-state index in [0.717, 1.165) is 59.4 Å². The highest BCUT2D eigenvalue weighted by molar-refractivity contribution is 5.95. The average Bonchev–Trinajstić information content (AvgIpc) is 1.27. The number of halogens is 2. The third-order valence-corrected chi connectivity index (χ3v) is 17.8. The van der Waals surface area contributed by atoms with Crippen molar-refractivity contribution in [1.29, 1.82) is 0 Å². The molecule has 0 bridgehead atoms. The van der Waals surface area contributed by atoms with Gasteiger partial charge in [-0.3, -0.25) is 0 Å². The highest BCUT2D eigenvalue weighted by atomic mass is 19.1. The predicted molar refractivity (Wildman–Crippen MR) is 374 cm³/mol. The number of aryl methyl sites for hydroxylation is 2. The lowest BCUT2D eigenvalue weighted by Crippen LogP contribution is -2.14. The van der Waals surface area contributed by atoms with Gasteiger partial charge in [-0.1, -0.05) is 285 Å². The van der Waals surface area contributed by atoms with E-state index >= 15 is 8.78 Å². The standard InChI is InChI=1S/C83H102F2O8/c1-4-6-8-10-12-14-16-18-20-22-24-26-28-30-32-34-37-64-41-45-66(46-42-64)68-49-53-70(54-50-68)80(86)90-72-57-59-74(76(84)61-72)82(88)92-78-39-36-40-79(63(78)3)93-83(89)75-60-58-73(62-77(75)85)91-81(87)71-55-51-69(52-56-71)67-47-43-65(44-48-67)38-35-33-31-29-27-25-23-21-19-17-15-13-11-9-7-5-2/h36,39-62H,4-35,37-38H2,1-3H3. The van der Waals surface area contributed by atoms with E-state index in [-0.39, 0.29) is 39.7 Å². The topological polar surface area (TPSA) is 105 Å². The van der Waals surface area contributed by atoms with Crippen molar-refractivity contribution in [2.75, 3.05) is 0 Å². The minimum Gasteiger partial charge on any atom is -0.423 e. The fourth-order valence-corrected chi connectivity index (χ4v) is 12.0. The number of hydrogen-bond donors (Lipinski definition) is 0. The van der Waals surface area contributed by atoms with E-state index < -0.39 is 46.6 Å². The molecule has 0 radical (unpaired) electrons. The lowest BCUT2D eigenvalue weighted by molar-refractivity contribution is 0.0719. The molecule has 0 fully saturated rings. The largest absolute Gasteiger partial charge is 0.423 e. The van der Waals surface area contributed by atoms with Crippen LogP contribution in [0, 0.1) is 18.6 Å². The molecule has 7 aromatic rings. The van der Waals surface area contributed by atoms with Crippen molar-refractivity contribution in [2.45, 2.75) is 239 Å². The highest BCUT2D eigenvalue weighted by Gasteiger charge is 2.22. The molecule has 8 nitrogen and oxygen atoms in total. The van der Waals surface area contributed by atoms with E-state index in [2.05, 4.69) is 62.4 Å². The second kappa shape index (κ2) is 41.8. The smallest absolute Gasteiger partial charge is 0.346 e. The quantitative estimate of drug-likeness (QED) is 0.0211. The fraction of sp³-hybridized carbons (Fsp3) is 0.446. The monoisotopic (exact) mass is 1260 g/mol. The number of esters is 4. The van der Waals surface area contributed by atoms with E-state index in [1.807, 2.05) is 24.3 Å². The molecule has 0 aliphatic rings. The van der Waals surface area contributed by atoms with Gasteiger partial charge in [0.25, 0.3) is 0 Å². The van der Waals surface area contributed by atoms with E-state index in [1.54, 1.807) is 24.3 Å². The van der Waals surface area contributed by atoms with Gasteiger partial charge in [-0.05, 0) is 127 Å². The zero-order valence-corrected chi connectivity index (χ0v) is 56.0. The average molecular weight is 1270 g/mol. The van der Waals surface area contributed by atoms with Crippen LogP contribution in [0.4, 0.5) is 8.78 Å². The van der Waals surface area contributed by atoms with Crippen molar-refractivity contribution in [1.82, 2.24) is 0 Å². The van der Waals surface area contributed by atoms with E-state index in [0.29, 0.717) is 0 Å². The van der Waals surface area contributed by atoms with Gasteiger partial charge < -0.3 is 18.9 Å². The first kappa shape index (κ1) is 72.7. The Morgan fingerprint density at radius 2 is 0.570 bits per heavy atom. The van der Waals surface area contributed by atoms with Gasteiger partial charge in [0.2, 0.25) is 0 Å². The van der Waals surface area contributed by atoms with Crippen LogP contribution in [0.1, 0.15) is 277 Å². The van der Waals surface area contributed by atoms with Crippen LogP contribution in [0.15, 0.2) is 152 Å². The first-order chi connectivity index (χ1) is 45.5. The Labute approximate surface area is 554 Å². The van der Waals surface area contributed by atoms with E-state index in [1.165, 1.54) is 254 Å². The first-order valence-corrected chi connectivity index (χ1v) is 35.5. The molecule has 0 spiro atoms. The van der Waals surface area contributed by atoms with Gasteiger partial charge in [0.05, 0.1) is 22.3 Å². The molecule has 496 valence electrons. The highest BCUT2D eigenvalue weighted by Crippen LogP contribution is 2.32. The number of carbonyl (C=O) groups is 4. The molecule has 0 saturated carbocycles. The van der Waals surface area contributed by atoms with Crippen molar-refractivity contribution in [3.63, 3.8) is 0 Å². The van der Waals surface area contributed by atoms with Crippen LogP contribution in [-0.2, 0) is 12.8 Å². The van der Waals surface area contributed by atoms with Gasteiger partial charge in [-0.15, -0.1) is 0 Å². The van der Waals surface area contributed by atoms with Crippen LogP contribution in [-0.4, -0.2) is 23.9 Å². The maximum Gasteiger partial charge on any atom is 0.346 e. The van der Waals surface area contributed by atoms with Gasteiger partial charge in [-0.25, -0.2) is 28.0 Å². The van der Waals surface area contributed by atoms with Gasteiger partial charge in [-0.2, -0.15) is 0 Å². The fourth-order valence-electron chi connectivity index (χ4n) is 12.0. The number of ether oxygens (including phenoxy) is 4. The minimum absolute atomic E-state index is 0.0465. The number of unbranched alkanes of at least 4 members (excludes halogenated alkanes) is 30. The van der Waals surface area contributed by atoms with Crippen LogP contribution < -0.4 is 18.9 Å². The van der Waals surface area contributed by atoms with Crippen LogP contribution in [0.5, 0.6) is 23.0 Å². The van der Waals surface area contributed by atoms with Crippen molar-refractivity contribution in [2.24, 2.45) is 0 Å². The Balaban J connectivity index is 0.775. The summed E-state index contributed by atoms with van der Waals surface area (Å²) in [6, 6.07) is 42.1. The molecule has 0 atom stereocenters. The Kier molecular flexibility index (Phi) is 32.7. The summed E-state index contributed by atoms with van der Waals surface area (Å²) in [5.41, 5.74) is 6.42. The zero-order chi connectivity index (χ0) is 65.7. The molecule has 0 heterocycles.